The Labute approximate surface area is 190 Å². The van der Waals surface area contributed by atoms with Gasteiger partial charge in [-0.1, -0.05) is 12.1 Å². The summed E-state index contributed by atoms with van der Waals surface area (Å²) < 4.78 is 50.4. The highest BCUT2D eigenvalue weighted by atomic mass is 32.2. The summed E-state index contributed by atoms with van der Waals surface area (Å²) in [5.74, 6) is -1.25. The lowest BCUT2D eigenvalue weighted by molar-refractivity contribution is -0.129. The third kappa shape index (κ3) is 4.99. The van der Waals surface area contributed by atoms with Crippen molar-refractivity contribution < 1.29 is 26.8 Å². The Balaban J connectivity index is 2.08. The Morgan fingerprint density at radius 1 is 1.23 bits per heavy atom. The van der Waals surface area contributed by atoms with E-state index in [9.17, 15) is 21.6 Å². The minimum absolute atomic E-state index is 0.0353. The van der Waals surface area contributed by atoms with E-state index in [0.29, 0.717) is 4.88 Å². The molecule has 2 N–H and O–H groups in total. The fourth-order valence-corrected chi connectivity index (χ4v) is 8.65. The molecule has 1 aromatic heterocycles. The van der Waals surface area contributed by atoms with Crippen LogP contribution in [0.2, 0.25) is 0 Å². The van der Waals surface area contributed by atoms with Gasteiger partial charge in [-0.3, -0.25) is 10.0 Å². The Morgan fingerprint density at radius 2 is 1.90 bits per heavy atom. The van der Waals surface area contributed by atoms with Crippen molar-refractivity contribution in [2.75, 3.05) is 31.4 Å². The maximum absolute atomic E-state index is 13.4. The summed E-state index contributed by atoms with van der Waals surface area (Å²) in [6.07, 6.45) is 2.44. The number of nitrogens with zero attached hydrogens (tertiary/aromatic N) is 1. The van der Waals surface area contributed by atoms with Gasteiger partial charge in [0, 0.05) is 27.7 Å². The molecule has 8 nitrogen and oxygen atoms in total. The summed E-state index contributed by atoms with van der Waals surface area (Å²) in [7, 11) is -7.51. The van der Waals surface area contributed by atoms with Crippen molar-refractivity contribution in [2.24, 2.45) is 0 Å². The van der Waals surface area contributed by atoms with E-state index in [4.69, 9.17) is 5.21 Å². The molecule has 0 bridgehead atoms. The molecule has 1 aliphatic rings. The first-order valence-corrected chi connectivity index (χ1v) is 14.9. The highest BCUT2D eigenvalue weighted by Gasteiger charge is 2.50. The molecule has 1 saturated heterocycles. The lowest BCUT2D eigenvalue weighted by Gasteiger charge is -2.30. The fourth-order valence-electron chi connectivity index (χ4n) is 3.68. The maximum Gasteiger partial charge on any atom is 0.245 e. The molecule has 2 aromatic rings. The predicted octanol–water partition coefficient (Wildman–Crippen LogP) is 2.31. The van der Waals surface area contributed by atoms with Crippen molar-refractivity contribution >= 4 is 48.9 Å². The van der Waals surface area contributed by atoms with Crippen molar-refractivity contribution in [3.8, 4) is 10.4 Å². The van der Waals surface area contributed by atoms with Gasteiger partial charge >= 0.3 is 0 Å². The summed E-state index contributed by atoms with van der Waals surface area (Å²) >= 11 is 2.88. The first-order valence-electron chi connectivity index (χ1n) is 9.37. The lowest BCUT2D eigenvalue weighted by Crippen LogP contribution is -2.41. The monoisotopic (exact) mass is 504 g/mol. The summed E-state index contributed by atoms with van der Waals surface area (Å²) in [5.41, 5.74) is 2.44. The number of carbonyl (C=O) groups excluding carboxylic acids is 1. The number of nitrogens with one attached hydrogen (secondary N) is 1. The van der Waals surface area contributed by atoms with Crippen LogP contribution in [0.4, 0.5) is 0 Å². The van der Waals surface area contributed by atoms with Crippen molar-refractivity contribution in [3.63, 3.8) is 0 Å². The number of sulfone groups is 1. The number of thiophene rings is 1. The van der Waals surface area contributed by atoms with E-state index in [1.165, 1.54) is 16.8 Å². The zero-order chi connectivity index (χ0) is 22.9. The van der Waals surface area contributed by atoms with Crippen LogP contribution in [0.5, 0.6) is 0 Å². The van der Waals surface area contributed by atoms with Gasteiger partial charge in [0.1, 0.15) is 4.75 Å². The van der Waals surface area contributed by atoms with Crippen molar-refractivity contribution in [1.29, 1.82) is 0 Å². The zero-order valence-corrected chi connectivity index (χ0v) is 20.3. The molecule has 12 heteroatoms. The van der Waals surface area contributed by atoms with Crippen LogP contribution in [0.3, 0.4) is 0 Å². The highest BCUT2D eigenvalue weighted by Crippen LogP contribution is 2.45. The van der Waals surface area contributed by atoms with E-state index in [-0.39, 0.29) is 19.5 Å². The van der Waals surface area contributed by atoms with Gasteiger partial charge in [0.05, 0.1) is 18.4 Å². The Hall–Kier alpha value is -1.44. The predicted molar refractivity (Wildman–Crippen MR) is 123 cm³/mol. The average molecular weight is 505 g/mol. The Bertz CT molecular complexity index is 1160. The molecular formula is C19H24N2O6S4. The number of sulfonamides is 1. The summed E-state index contributed by atoms with van der Waals surface area (Å²) in [5, 5.41) is 9.08. The first kappa shape index (κ1) is 24.2. The SMILES string of the molecule is CSc1ccc(-c2ccc(C3(CC(=O)NO)CCN(S(C)(=O)=O)CCS3(=O)=O)s2)cc1. The Morgan fingerprint density at radius 3 is 2.48 bits per heavy atom. The normalized spacial score (nSPS) is 22.0. The molecule has 0 radical (unpaired) electrons. The van der Waals surface area contributed by atoms with Gasteiger partial charge in [0.15, 0.2) is 9.84 Å². The fraction of sp³-hybridized carbons (Fsp3) is 0.421. The second kappa shape index (κ2) is 9.20. The van der Waals surface area contributed by atoms with E-state index in [1.807, 2.05) is 30.5 Å². The number of hydrogen-bond donors (Lipinski definition) is 2. The van der Waals surface area contributed by atoms with Crippen molar-refractivity contribution in [3.05, 3.63) is 41.3 Å². The van der Waals surface area contributed by atoms with Crippen molar-refractivity contribution in [2.45, 2.75) is 22.5 Å². The molecule has 1 amide bonds. The molecule has 1 aromatic carbocycles. The van der Waals surface area contributed by atoms with Crippen LogP contribution in [-0.2, 0) is 29.4 Å². The van der Waals surface area contributed by atoms with Gasteiger partial charge in [-0.2, -0.15) is 0 Å². The van der Waals surface area contributed by atoms with Gasteiger partial charge in [0.25, 0.3) is 0 Å². The van der Waals surface area contributed by atoms with Crippen LogP contribution in [-0.4, -0.2) is 63.6 Å². The molecule has 1 atom stereocenters. The van der Waals surface area contributed by atoms with E-state index in [2.05, 4.69) is 0 Å². The smallest absolute Gasteiger partial charge is 0.245 e. The lowest BCUT2D eigenvalue weighted by atomic mass is 9.97. The minimum Gasteiger partial charge on any atom is -0.289 e. The molecule has 0 aliphatic carbocycles. The molecule has 1 aliphatic heterocycles. The molecule has 0 saturated carbocycles. The molecule has 170 valence electrons. The number of amides is 1. The first-order chi connectivity index (χ1) is 14.5. The molecule has 3 rings (SSSR count). The molecular weight excluding hydrogens is 480 g/mol. The van der Waals surface area contributed by atoms with Gasteiger partial charge in [-0.25, -0.2) is 26.6 Å². The molecule has 2 heterocycles. The van der Waals surface area contributed by atoms with E-state index in [0.717, 1.165) is 25.9 Å². The van der Waals surface area contributed by atoms with Gasteiger partial charge in [-0.15, -0.1) is 23.1 Å². The average Bonchev–Trinajstić information content (AvgIpc) is 3.17. The number of benzene rings is 1. The number of rotatable bonds is 6. The Kier molecular flexibility index (Phi) is 7.18. The third-order valence-electron chi connectivity index (χ3n) is 5.44. The number of hydroxylamine groups is 1. The molecule has 1 unspecified atom stereocenters. The second-order valence-corrected chi connectivity index (χ2v) is 13.7. The zero-order valence-electron chi connectivity index (χ0n) is 17.1. The van der Waals surface area contributed by atoms with E-state index < -0.39 is 42.7 Å². The van der Waals surface area contributed by atoms with E-state index in [1.54, 1.807) is 23.9 Å². The topological polar surface area (TPSA) is 121 Å². The number of hydrogen-bond acceptors (Lipinski definition) is 8. The van der Waals surface area contributed by atoms with Crippen LogP contribution < -0.4 is 5.48 Å². The molecule has 31 heavy (non-hydrogen) atoms. The maximum atomic E-state index is 13.4. The largest absolute Gasteiger partial charge is 0.289 e. The molecule has 0 spiro atoms. The third-order valence-corrected chi connectivity index (χ3v) is 11.4. The highest BCUT2D eigenvalue weighted by molar-refractivity contribution is 7.98. The summed E-state index contributed by atoms with van der Waals surface area (Å²) in [6, 6.07) is 11.3. The van der Waals surface area contributed by atoms with Crippen LogP contribution in [0.15, 0.2) is 41.3 Å². The van der Waals surface area contributed by atoms with E-state index >= 15 is 0 Å². The van der Waals surface area contributed by atoms with Gasteiger partial charge in [-0.05, 0) is 42.5 Å². The number of thioether (sulfide) groups is 1. The summed E-state index contributed by atoms with van der Waals surface area (Å²) in [4.78, 5) is 14.5. The van der Waals surface area contributed by atoms with Crippen LogP contribution in [0.1, 0.15) is 17.7 Å². The van der Waals surface area contributed by atoms with Crippen molar-refractivity contribution in [1.82, 2.24) is 9.79 Å². The van der Waals surface area contributed by atoms with Crippen LogP contribution in [0, 0.1) is 0 Å². The van der Waals surface area contributed by atoms with Gasteiger partial charge < -0.3 is 0 Å². The van der Waals surface area contributed by atoms with Crippen LogP contribution in [0.25, 0.3) is 10.4 Å². The quantitative estimate of drug-likeness (QED) is 0.352. The summed E-state index contributed by atoms with van der Waals surface area (Å²) in [6.45, 7) is -0.204. The minimum atomic E-state index is -3.92. The second-order valence-electron chi connectivity index (χ2n) is 7.33. The standard InChI is InChI=1S/C19H24N2O6S4/c1-28-15-5-3-14(4-6-15)16-7-8-17(29-16)19(13-18(22)20-23)9-10-21(30(2,24)25)11-12-31(19,26)27/h3-8,23H,9-13H2,1-2H3,(H,20,22). The molecule has 1 fully saturated rings. The van der Waals surface area contributed by atoms with Gasteiger partial charge in [0.2, 0.25) is 15.9 Å². The van der Waals surface area contributed by atoms with Crippen LogP contribution >= 0.6 is 23.1 Å². The number of carbonyl (C=O) groups is 1.